The zero-order valence-electron chi connectivity index (χ0n) is 20.5. The van der Waals surface area contributed by atoms with E-state index in [2.05, 4.69) is 20.6 Å². The third kappa shape index (κ3) is 4.97. The maximum absolute atomic E-state index is 14.1. The number of hydrogen-bond donors (Lipinski definition) is 1. The maximum atomic E-state index is 14.1. The Morgan fingerprint density at radius 3 is 2.54 bits per heavy atom. The van der Waals surface area contributed by atoms with Crippen LogP contribution in [0.1, 0.15) is 28.5 Å². The number of pyridine rings is 1. The average Bonchev–Trinajstić information content (AvgIpc) is 3.57. The van der Waals surface area contributed by atoms with Gasteiger partial charge in [0.15, 0.2) is 0 Å². The second-order valence-electron chi connectivity index (χ2n) is 8.73. The van der Waals surface area contributed by atoms with E-state index in [1.807, 2.05) is 56.3 Å². The first-order valence-corrected chi connectivity index (χ1v) is 11.9. The zero-order chi connectivity index (χ0) is 25.8. The van der Waals surface area contributed by atoms with Crippen LogP contribution in [0.15, 0.2) is 89.8 Å². The molecule has 0 aliphatic carbocycles. The maximum Gasteiger partial charge on any atom is 0.249 e. The SMILES string of the molecule is Cc1cccc(C)c1N(C(=O)Cn1nnc2ccccc21)C(C(=O)NCc1ccco1)c1cccnc1. The van der Waals surface area contributed by atoms with Crippen molar-refractivity contribution in [3.63, 3.8) is 0 Å². The summed E-state index contributed by atoms with van der Waals surface area (Å²) in [4.78, 5) is 33.7. The summed E-state index contributed by atoms with van der Waals surface area (Å²) in [5.41, 5.74) is 4.40. The fourth-order valence-electron chi connectivity index (χ4n) is 4.46. The highest BCUT2D eigenvalue weighted by molar-refractivity contribution is 6.02. The van der Waals surface area contributed by atoms with Crippen molar-refractivity contribution >= 4 is 28.5 Å². The Labute approximate surface area is 213 Å². The number of aromatic nitrogens is 4. The molecule has 5 aromatic rings. The van der Waals surface area contributed by atoms with Crippen LogP contribution >= 0.6 is 0 Å². The predicted octanol–water partition coefficient (Wildman–Crippen LogP) is 4.13. The number of nitrogens with zero attached hydrogens (tertiary/aromatic N) is 5. The lowest BCUT2D eigenvalue weighted by Gasteiger charge is -2.33. The van der Waals surface area contributed by atoms with Gasteiger partial charge in [-0.1, -0.05) is 41.6 Å². The van der Waals surface area contributed by atoms with Crippen LogP contribution in [-0.4, -0.2) is 31.8 Å². The molecular weight excluding hydrogens is 468 g/mol. The van der Waals surface area contributed by atoms with E-state index in [1.54, 1.807) is 52.5 Å². The van der Waals surface area contributed by atoms with E-state index < -0.39 is 6.04 Å². The molecule has 1 unspecified atom stereocenters. The van der Waals surface area contributed by atoms with Gasteiger partial charge in [0.1, 0.15) is 23.9 Å². The van der Waals surface area contributed by atoms with Crippen molar-refractivity contribution in [2.75, 3.05) is 4.90 Å². The number of hydrogen-bond acceptors (Lipinski definition) is 6. The lowest BCUT2D eigenvalue weighted by Crippen LogP contribution is -2.45. The van der Waals surface area contributed by atoms with Gasteiger partial charge in [-0.05, 0) is 55.3 Å². The van der Waals surface area contributed by atoms with Crippen molar-refractivity contribution in [3.8, 4) is 0 Å². The summed E-state index contributed by atoms with van der Waals surface area (Å²) in [7, 11) is 0. The summed E-state index contributed by atoms with van der Waals surface area (Å²) in [6.45, 7) is 3.94. The van der Waals surface area contributed by atoms with Gasteiger partial charge in [-0.15, -0.1) is 5.10 Å². The van der Waals surface area contributed by atoms with E-state index in [9.17, 15) is 9.59 Å². The summed E-state index contributed by atoms with van der Waals surface area (Å²) in [6.07, 6.45) is 4.79. The molecule has 0 radical (unpaired) electrons. The first-order valence-electron chi connectivity index (χ1n) is 11.9. The third-order valence-electron chi connectivity index (χ3n) is 6.18. The minimum Gasteiger partial charge on any atom is -0.467 e. The van der Waals surface area contributed by atoms with Gasteiger partial charge in [-0.3, -0.25) is 19.5 Å². The average molecular weight is 495 g/mol. The van der Waals surface area contributed by atoms with Gasteiger partial charge in [0.05, 0.1) is 24.0 Å². The monoisotopic (exact) mass is 494 g/mol. The molecule has 0 bridgehead atoms. The lowest BCUT2D eigenvalue weighted by molar-refractivity contribution is -0.127. The second-order valence-corrected chi connectivity index (χ2v) is 8.73. The number of nitrogens with one attached hydrogen (secondary N) is 1. The number of amides is 2. The molecule has 0 saturated heterocycles. The van der Waals surface area contributed by atoms with Gasteiger partial charge in [0.25, 0.3) is 0 Å². The molecule has 9 nitrogen and oxygen atoms in total. The number of para-hydroxylation sites is 2. The fraction of sp³-hybridized carbons (Fsp3) is 0.179. The summed E-state index contributed by atoms with van der Waals surface area (Å²) in [5.74, 6) is -0.0590. The van der Waals surface area contributed by atoms with Crippen molar-refractivity contribution in [1.29, 1.82) is 0 Å². The summed E-state index contributed by atoms with van der Waals surface area (Å²) >= 11 is 0. The number of fused-ring (bicyclic) bond motifs is 1. The molecule has 0 fully saturated rings. The van der Waals surface area contributed by atoms with Gasteiger partial charge in [0.2, 0.25) is 11.8 Å². The molecular formula is C28H26N6O3. The van der Waals surface area contributed by atoms with E-state index in [-0.39, 0.29) is 24.9 Å². The molecule has 2 amide bonds. The van der Waals surface area contributed by atoms with Gasteiger partial charge < -0.3 is 9.73 Å². The molecule has 1 N–H and O–H groups in total. The first kappa shape index (κ1) is 23.9. The smallest absolute Gasteiger partial charge is 0.249 e. The number of anilines is 1. The van der Waals surface area contributed by atoms with Crippen molar-refractivity contribution < 1.29 is 14.0 Å². The van der Waals surface area contributed by atoms with E-state index in [4.69, 9.17) is 4.42 Å². The number of aryl methyl sites for hydroxylation is 2. The van der Waals surface area contributed by atoms with Crippen molar-refractivity contribution in [3.05, 3.63) is 108 Å². The second kappa shape index (κ2) is 10.4. The Balaban J connectivity index is 1.59. The Bertz CT molecular complexity index is 1510. The number of benzene rings is 2. The highest BCUT2D eigenvalue weighted by atomic mass is 16.3. The van der Waals surface area contributed by atoms with Gasteiger partial charge in [-0.25, -0.2) is 4.68 Å². The lowest BCUT2D eigenvalue weighted by atomic mass is 10.0. The molecule has 0 aliphatic rings. The van der Waals surface area contributed by atoms with Crippen LogP contribution in [0.2, 0.25) is 0 Å². The van der Waals surface area contributed by atoms with Crippen LogP contribution in [0.3, 0.4) is 0 Å². The van der Waals surface area contributed by atoms with Crippen molar-refractivity contribution in [2.45, 2.75) is 33.0 Å². The minimum atomic E-state index is -0.981. The third-order valence-corrected chi connectivity index (χ3v) is 6.18. The molecule has 0 aliphatic heterocycles. The van der Waals surface area contributed by atoms with Crippen LogP contribution < -0.4 is 10.2 Å². The Hall–Kier alpha value is -4.79. The van der Waals surface area contributed by atoms with Crippen molar-refractivity contribution in [1.82, 2.24) is 25.3 Å². The molecule has 3 aromatic heterocycles. The quantitative estimate of drug-likeness (QED) is 0.348. The number of furan rings is 1. The summed E-state index contributed by atoms with van der Waals surface area (Å²) < 4.78 is 6.94. The molecule has 2 aromatic carbocycles. The Morgan fingerprint density at radius 1 is 1.00 bits per heavy atom. The molecule has 37 heavy (non-hydrogen) atoms. The first-order chi connectivity index (χ1) is 18.0. The number of carbonyl (C=O) groups excluding carboxylic acids is 2. The predicted molar refractivity (Wildman–Crippen MR) is 138 cm³/mol. The molecule has 186 valence electrons. The molecule has 3 heterocycles. The van der Waals surface area contributed by atoms with Crippen LogP contribution in [0, 0.1) is 13.8 Å². The highest BCUT2D eigenvalue weighted by Gasteiger charge is 2.35. The number of rotatable bonds is 8. The van der Waals surface area contributed by atoms with E-state index in [0.717, 1.165) is 16.6 Å². The molecule has 1 atom stereocenters. The highest BCUT2D eigenvalue weighted by Crippen LogP contribution is 2.33. The van der Waals surface area contributed by atoms with Crippen LogP contribution in [0.5, 0.6) is 0 Å². The Kier molecular flexibility index (Phi) is 6.76. The largest absolute Gasteiger partial charge is 0.467 e. The van der Waals surface area contributed by atoms with Gasteiger partial charge in [-0.2, -0.15) is 0 Å². The van der Waals surface area contributed by atoms with Gasteiger partial charge in [0, 0.05) is 18.0 Å². The molecule has 0 saturated carbocycles. The van der Waals surface area contributed by atoms with E-state index in [0.29, 0.717) is 22.5 Å². The van der Waals surface area contributed by atoms with Crippen LogP contribution in [0.25, 0.3) is 11.0 Å². The van der Waals surface area contributed by atoms with Crippen LogP contribution in [-0.2, 0) is 22.7 Å². The zero-order valence-corrected chi connectivity index (χ0v) is 20.5. The topological polar surface area (TPSA) is 106 Å². The Morgan fingerprint density at radius 2 is 1.81 bits per heavy atom. The van der Waals surface area contributed by atoms with Crippen LogP contribution in [0.4, 0.5) is 5.69 Å². The fourth-order valence-corrected chi connectivity index (χ4v) is 4.46. The van der Waals surface area contributed by atoms with Gasteiger partial charge >= 0.3 is 0 Å². The molecule has 0 spiro atoms. The van der Waals surface area contributed by atoms with E-state index in [1.165, 1.54) is 0 Å². The number of carbonyl (C=O) groups is 2. The van der Waals surface area contributed by atoms with Crippen molar-refractivity contribution in [2.24, 2.45) is 0 Å². The standard InChI is InChI=1S/C28H26N6O3/c1-19-8-5-9-20(2)26(19)34(25(35)18-33-24-13-4-3-12-23(24)31-32-33)27(21-10-6-14-29-16-21)28(36)30-17-22-11-7-15-37-22/h3-16,27H,17-18H2,1-2H3,(H,30,36). The summed E-state index contributed by atoms with van der Waals surface area (Å²) in [5, 5.41) is 11.3. The minimum absolute atomic E-state index is 0.101. The summed E-state index contributed by atoms with van der Waals surface area (Å²) in [6, 6.07) is 19.3. The molecule has 5 rings (SSSR count). The van der Waals surface area contributed by atoms with E-state index >= 15 is 0 Å². The molecule has 9 heteroatoms. The normalized spacial score (nSPS) is 11.8.